The zero-order chi connectivity index (χ0) is 15.5. The Morgan fingerprint density at radius 3 is 2.57 bits per heavy atom. The highest BCUT2D eigenvalue weighted by Gasteiger charge is 2.42. The fourth-order valence-corrected chi connectivity index (χ4v) is 3.33. The molecule has 0 aromatic carbocycles. The maximum atomic E-state index is 12.0. The van der Waals surface area contributed by atoms with Gasteiger partial charge in [-0.25, -0.2) is 4.79 Å². The summed E-state index contributed by atoms with van der Waals surface area (Å²) in [7, 11) is 1.61. The molecule has 5 nitrogen and oxygen atoms in total. The van der Waals surface area contributed by atoms with E-state index in [0.717, 1.165) is 18.4 Å². The quantitative estimate of drug-likeness (QED) is 0.490. The van der Waals surface area contributed by atoms with Crippen LogP contribution in [0.15, 0.2) is 27.9 Å². The predicted octanol–water partition coefficient (Wildman–Crippen LogP) is 2.39. The summed E-state index contributed by atoms with van der Waals surface area (Å²) in [4.78, 5) is 26.2. The molecule has 1 unspecified atom stereocenters. The Kier molecular flexibility index (Phi) is 4.88. The molecule has 1 saturated carbocycles. The summed E-state index contributed by atoms with van der Waals surface area (Å²) in [6.45, 7) is 3.64. The lowest BCUT2D eigenvalue weighted by molar-refractivity contribution is -0.112. The van der Waals surface area contributed by atoms with Crippen molar-refractivity contribution in [3.05, 3.63) is 22.9 Å². The van der Waals surface area contributed by atoms with Gasteiger partial charge in [-0.1, -0.05) is 19.3 Å². The van der Waals surface area contributed by atoms with E-state index in [1.165, 1.54) is 31.4 Å². The van der Waals surface area contributed by atoms with Gasteiger partial charge in [0.15, 0.2) is 5.72 Å². The number of hydrogen-bond acceptors (Lipinski definition) is 5. The van der Waals surface area contributed by atoms with Crippen LogP contribution in [0.2, 0.25) is 0 Å². The van der Waals surface area contributed by atoms with Crippen LogP contribution in [-0.4, -0.2) is 30.7 Å². The van der Waals surface area contributed by atoms with E-state index in [4.69, 9.17) is 4.74 Å². The highest BCUT2D eigenvalue weighted by atomic mass is 16.5. The second-order valence-corrected chi connectivity index (χ2v) is 5.73. The molecule has 0 heterocycles. The minimum Gasteiger partial charge on any atom is -0.356 e. The number of carbonyl (C=O) groups excluding carboxylic acids is 2. The zero-order valence-corrected chi connectivity index (χ0v) is 12.9. The minimum atomic E-state index is -0.856. The fourth-order valence-electron chi connectivity index (χ4n) is 3.33. The molecule has 21 heavy (non-hydrogen) atoms. The highest BCUT2D eigenvalue weighted by Crippen LogP contribution is 2.35. The van der Waals surface area contributed by atoms with Crippen molar-refractivity contribution in [3.63, 3.8) is 0 Å². The maximum absolute atomic E-state index is 12.0. The van der Waals surface area contributed by atoms with Crippen LogP contribution in [0.4, 0.5) is 0 Å². The molecular formula is C16H22N2O3. The van der Waals surface area contributed by atoms with Crippen molar-refractivity contribution >= 4 is 11.9 Å². The average molecular weight is 290 g/mol. The predicted molar refractivity (Wildman–Crippen MR) is 79.3 cm³/mol. The van der Waals surface area contributed by atoms with Gasteiger partial charge in [-0.2, -0.15) is 4.99 Å². The van der Waals surface area contributed by atoms with E-state index in [9.17, 15) is 9.59 Å². The van der Waals surface area contributed by atoms with Crippen LogP contribution in [0.25, 0.3) is 0 Å². The van der Waals surface area contributed by atoms with Gasteiger partial charge < -0.3 is 4.74 Å². The Hall–Kier alpha value is -1.55. The molecule has 2 aliphatic carbocycles. The third-order valence-corrected chi connectivity index (χ3v) is 4.50. The molecular weight excluding hydrogens is 268 g/mol. The molecule has 0 saturated heterocycles. The lowest BCUT2D eigenvalue weighted by Gasteiger charge is -2.41. The number of rotatable bonds is 4. The number of carbonyl (C=O) groups is 1. The fraction of sp³-hybridized carbons (Fsp3) is 0.625. The molecule has 0 aliphatic heterocycles. The van der Waals surface area contributed by atoms with Crippen molar-refractivity contribution in [2.75, 3.05) is 7.11 Å². The SMILES string of the molecule is COC1(NC2CCCCC2)C(C)=CC(=O)C(N=C=O)=C1C. The summed E-state index contributed by atoms with van der Waals surface area (Å²) in [5.74, 6) is -0.272. The summed E-state index contributed by atoms with van der Waals surface area (Å²) in [6, 6.07) is 0.340. The largest absolute Gasteiger partial charge is 0.356 e. The first-order chi connectivity index (χ1) is 10.0. The van der Waals surface area contributed by atoms with Crippen LogP contribution < -0.4 is 5.32 Å². The van der Waals surface area contributed by atoms with Crippen molar-refractivity contribution in [3.8, 4) is 0 Å². The summed E-state index contributed by atoms with van der Waals surface area (Å²) >= 11 is 0. The first-order valence-electron chi connectivity index (χ1n) is 7.40. The number of allylic oxidation sites excluding steroid dienone is 1. The number of nitrogens with one attached hydrogen (secondary N) is 1. The normalized spacial score (nSPS) is 27.4. The molecule has 1 N–H and O–H groups in total. The van der Waals surface area contributed by atoms with Gasteiger partial charge in [-0.05, 0) is 38.3 Å². The Labute approximate surface area is 125 Å². The van der Waals surface area contributed by atoms with Crippen molar-refractivity contribution in [2.24, 2.45) is 4.99 Å². The van der Waals surface area contributed by atoms with Gasteiger partial charge in [0, 0.05) is 18.7 Å². The molecule has 5 heteroatoms. The smallest absolute Gasteiger partial charge is 0.240 e. The Morgan fingerprint density at radius 2 is 2.00 bits per heavy atom. The summed E-state index contributed by atoms with van der Waals surface area (Å²) < 4.78 is 5.75. The Bertz CT molecular complexity index is 538. The van der Waals surface area contributed by atoms with Crippen molar-refractivity contribution in [1.82, 2.24) is 5.32 Å². The number of hydrogen-bond donors (Lipinski definition) is 1. The molecule has 0 bridgehead atoms. The van der Waals surface area contributed by atoms with Crippen molar-refractivity contribution in [2.45, 2.75) is 57.7 Å². The molecule has 0 radical (unpaired) electrons. The van der Waals surface area contributed by atoms with E-state index in [1.54, 1.807) is 14.0 Å². The van der Waals surface area contributed by atoms with Gasteiger partial charge in [0.2, 0.25) is 11.9 Å². The lowest BCUT2D eigenvalue weighted by atomic mass is 9.85. The number of isocyanates is 1. The second-order valence-electron chi connectivity index (χ2n) is 5.73. The second kappa shape index (κ2) is 6.48. The monoisotopic (exact) mass is 290 g/mol. The molecule has 0 spiro atoms. The molecule has 0 amide bonds. The number of nitrogens with zero attached hydrogens (tertiary/aromatic N) is 1. The summed E-state index contributed by atoms with van der Waals surface area (Å²) in [6.07, 6.45) is 8.79. The number of ether oxygens (including phenoxy) is 1. The Balaban J connectivity index is 2.40. The van der Waals surface area contributed by atoms with Gasteiger partial charge in [0.05, 0.1) is 0 Å². The van der Waals surface area contributed by atoms with E-state index in [0.29, 0.717) is 11.6 Å². The van der Waals surface area contributed by atoms with Crippen LogP contribution in [-0.2, 0) is 14.3 Å². The molecule has 1 atom stereocenters. The van der Waals surface area contributed by atoms with Crippen molar-refractivity contribution < 1.29 is 14.3 Å². The molecule has 1 fully saturated rings. The molecule has 2 rings (SSSR count). The van der Waals surface area contributed by atoms with Gasteiger partial charge >= 0.3 is 0 Å². The van der Waals surface area contributed by atoms with Gasteiger partial charge in [-0.15, -0.1) is 0 Å². The van der Waals surface area contributed by atoms with E-state index >= 15 is 0 Å². The molecule has 114 valence electrons. The third kappa shape index (κ3) is 2.91. The van der Waals surface area contributed by atoms with Crippen LogP contribution >= 0.6 is 0 Å². The topological polar surface area (TPSA) is 67.8 Å². The van der Waals surface area contributed by atoms with Crippen LogP contribution in [0.3, 0.4) is 0 Å². The lowest BCUT2D eigenvalue weighted by Crippen LogP contribution is -2.55. The van der Waals surface area contributed by atoms with Crippen LogP contribution in [0, 0.1) is 0 Å². The highest BCUT2D eigenvalue weighted by molar-refractivity contribution is 6.07. The van der Waals surface area contributed by atoms with Crippen LogP contribution in [0.5, 0.6) is 0 Å². The first kappa shape index (κ1) is 15.8. The summed E-state index contributed by atoms with van der Waals surface area (Å²) in [5.41, 5.74) is 0.693. The number of methoxy groups -OCH3 is 1. The number of ketones is 1. The zero-order valence-electron chi connectivity index (χ0n) is 12.9. The van der Waals surface area contributed by atoms with Gasteiger partial charge in [0.25, 0.3) is 0 Å². The first-order valence-corrected chi connectivity index (χ1v) is 7.40. The molecule has 0 aromatic heterocycles. The van der Waals surface area contributed by atoms with Gasteiger partial charge in [0.1, 0.15) is 5.70 Å². The van der Waals surface area contributed by atoms with E-state index < -0.39 is 5.72 Å². The molecule has 0 aromatic rings. The summed E-state index contributed by atoms with van der Waals surface area (Å²) in [5, 5.41) is 3.54. The minimum absolute atomic E-state index is 0.126. The molecule has 2 aliphatic rings. The maximum Gasteiger partial charge on any atom is 0.240 e. The van der Waals surface area contributed by atoms with E-state index in [2.05, 4.69) is 10.3 Å². The number of aliphatic imine (C=N–C) groups is 1. The van der Waals surface area contributed by atoms with Crippen LogP contribution in [0.1, 0.15) is 46.0 Å². The van der Waals surface area contributed by atoms with Gasteiger partial charge in [-0.3, -0.25) is 10.1 Å². The van der Waals surface area contributed by atoms with E-state index in [-0.39, 0.29) is 11.5 Å². The third-order valence-electron chi connectivity index (χ3n) is 4.50. The average Bonchev–Trinajstić information content (AvgIpc) is 2.49. The van der Waals surface area contributed by atoms with E-state index in [1.807, 2.05) is 6.92 Å². The standard InChI is InChI=1S/C16H22N2O3/c1-11-9-14(20)15(17-10-19)12(2)16(11,21-3)18-13-7-5-4-6-8-13/h9,13,18H,4-8H2,1-3H3. The Morgan fingerprint density at radius 1 is 1.33 bits per heavy atom. The van der Waals surface area contributed by atoms with Crippen molar-refractivity contribution in [1.29, 1.82) is 0 Å².